The molecule has 0 saturated carbocycles. The summed E-state index contributed by atoms with van der Waals surface area (Å²) in [7, 11) is 0. The number of hydrogen-bond acceptors (Lipinski definition) is 2. The topological polar surface area (TPSA) is 38.3 Å². The summed E-state index contributed by atoms with van der Waals surface area (Å²) in [6, 6.07) is 10.7. The molecule has 0 unspecified atom stereocenters. The third-order valence-corrected chi connectivity index (χ3v) is 4.93. The summed E-state index contributed by atoms with van der Waals surface area (Å²) in [6.45, 7) is 1.59. The molecule has 0 radical (unpaired) electrons. The van der Waals surface area contributed by atoms with Crippen LogP contribution in [0.3, 0.4) is 0 Å². The van der Waals surface area contributed by atoms with E-state index in [9.17, 15) is 13.6 Å². The Balaban J connectivity index is 1.77. The van der Waals surface area contributed by atoms with Crippen molar-refractivity contribution in [3.05, 3.63) is 70.2 Å². The minimum Gasteiger partial charge on any atom is -0.381 e. The standard InChI is InChI=1S/C19H18ClF2NO2/c20-15-4-2-14(3-5-15)19(7-9-25-10-8-19)12-23-18(24)13-1-6-16(21)17(22)11-13/h1-6,11H,7-10,12H2,(H,23,24). The highest BCUT2D eigenvalue weighted by Gasteiger charge is 2.35. The van der Waals surface area contributed by atoms with Crippen molar-refractivity contribution in [2.45, 2.75) is 18.3 Å². The predicted molar refractivity (Wildman–Crippen MR) is 91.9 cm³/mol. The van der Waals surface area contributed by atoms with E-state index < -0.39 is 17.5 Å². The lowest BCUT2D eigenvalue weighted by Gasteiger charge is -2.38. The zero-order chi connectivity index (χ0) is 17.9. The first-order chi connectivity index (χ1) is 12.0. The van der Waals surface area contributed by atoms with E-state index >= 15 is 0 Å². The second kappa shape index (κ2) is 7.50. The Kier molecular flexibility index (Phi) is 5.35. The Morgan fingerprint density at radius 2 is 1.76 bits per heavy atom. The number of benzene rings is 2. The van der Waals surface area contributed by atoms with Crippen LogP contribution in [0.15, 0.2) is 42.5 Å². The van der Waals surface area contributed by atoms with Gasteiger partial charge in [-0.1, -0.05) is 23.7 Å². The van der Waals surface area contributed by atoms with E-state index in [1.54, 1.807) is 0 Å². The highest BCUT2D eigenvalue weighted by Crippen LogP contribution is 2.35. The van der Waals surface area contributed by atoms with Crippen LogP contribution in [0.2, 0.25) is 5.02 Å². The lowest BCUT2D eigenvalue weighted by atomic mass is 9.74. The molecule has 0 bridgehead atoms. The molecule has 1 aliphatic heterocycles. The third kappa shape index (κ3) is 3.99. The molecule has 0 aromatic heterocycles. The summed E-state index contributed by atoms with van der Waals surface area (Å²) in [5, 5.41) is 3.50. The molecule has 0 aliphatic carbocycles. The van der Waals surface area contributed by atoms with Gasteiger partial charge in [0.05, 0.1) is 0 Å². The van der Waals surface area contributed by atoms with Crippen molar-refractivity contribution >= 4 is 17.5 Å². The van der Waals surface area contributed by atoms with Crippen molar-refractivity contribution in [3.63, 3.8) is 0 Å². The van der Waals surface area contributed by atoms with Gasteiger partial charge in [0.2, 0.25) is 0 Å². The molecule has 1 amide bonds. The van der Waals surface area contributed by atoms with E-state index in [1.165, 1.54) is 6.07 Å². The van der Waals surface area contributed by atoms with Gasteiger partial charge in [-0.05, 0) is 48.7 Å². The second-order valence-corrected chi connectivity index (χ2v) is 6.65. The second-order valence-electron chi connectivity index (χ2n) is 6.21. The van der Waals surface area contributed by atoms with E-state index in [4.69, 9.17) is 16.3 Å². The van der Waals surface area contributed by atoms with Gasteiger partial charge in [-0.25, -0.2) is 8.78 Å². The van der Waals surface area contributed by atoms with Gasteiger partial charge in [0.1, 0.15) is 0 Å². The summed E-state index contributed by atoms with van der Waals surface area (Å²) < 4.78 is 31.8. The van der Waals surface area contributed by atoms with Crippen LogP contribution in [0.4, 0.5) is 8.78 Å². The van der Waals surface area contributed by atoms with E-state index in [0.717, 1.165) is 30.5 Å². The Labute approximate surface area is 149 Å². The molecular formula is C19H18ClF2NO2. The minimum atomic E-state index is -1.04. The van der Waals surface area contributed by atoms with Crippen molar-refractivity contribution in [2.75, 3.05) is 19.8 Å². The summed E-state index contributed by atoms with van der Waals surface area (Å²) in [4.78, 5) is 12.3. The van der Waals surface area contributed by atoms with Crippen LogP contribution in [0.25, 0.3) is 0 Å². The van der Waals surface area contributed by atoms with Gasteiger partial charge in [0.15, 0.2) is 11.6 Å². The number of rotatable bonds is 4. The molecule has 1 heterocycles. The molecule has 3 rings (SSSR count). The maximum atomic E-state index is 13.3. The Hall–Kier alpha value is -1.98. The molecule has 6 heteroatoms. The van der Waals surface area contributed by atoms with Crippen LogP contribution >= 0.6 is 11.6 Å². The van der Waals surface area contributed by atoms with E-state index in [-0.39, 0.29) is 11.0 Å². The van der Waals surface area contributed by atoms with E-state index in [1.807, 2.05) is 24.3 Å². The van der Waals surface area contributed by atoms with Crippen molar-refractivity contribution in [1.82, 2.24) is 5.32 Å². The van der Waals surface area contributed by atoms with Crippen molar-refractivity contribution in [3.8, 4) is 0 Å². The molecular weight excluding hydrogens is 348 g/mol. The minimum absolute atomic E-state index is 0.0946. The molecule has 2 aromatic rings. The molecule has 132 valence electrons. The van der Waals surface area contributed by atoms with Gasteiger partial charge in [0.25, 0.3) is 5.91 Å². The fourth-order valence-corrected chi connectivity index (χ4v) is 3.25. The monoisotopic (exact) mass is 365 g/mol. The molecule has 2 aromatic carbocycles. The summed E-state index contributed by atoms with van der Waals surface area (Å²) in [5.41, 5.74) is 0.903. The zero-order valence-electron chi connectivity index (χ0n) is 13.5. The molecule has 0 atom stereocenters. The highest BCUT2D eigenvalue weighted by atomic mass is 35.5. The Morgan fingerprint density at radius 1 is 1.08 bits per heavy atom. The number of hydrogen-bond donors (Lipinski definition) is 1. The van der Waals surface area contributed by atoms with Gasteiger partial charge in [0, 0.05) is 35.8 Å². The molecule has 1 fully saturated rings. The fraction of sp³-hybridized carbons (Fsp3) is 0.316. The van der Waals surface area contributed by atoms with Gasteiger partial charge >= 0.3 is 0 Å². The Morgan fingerprint density at radius 3 is 2.40 bits per heavy atom. The van der Waals surface area contributed by atoms with Crippen LogP contribution in [0, 0.1) is 11.6 Å². The largest absolute Gasteiger partial charge is 0.381 e. The van der Waals surface area contributed by atoms with Crippen molar-refractivity contribution in [2.24, 2.45) is 0 Å². The summed E-state index contributed by atoms with van der Waals surface area (Å²) >= 11 is 5.97. The molecule has 3 nitrogen and oxygen atoms in total. The maximum absolute atomic E-state index is 13.3. The third-order valence-electron chi connectivity index (χ3n) is 4.68. The van der Waals surface area contributed by atoms with E-state index in [0.29, 0.717) is 24.8 Å². The average Bonchev–Trinajstić information content (AvgIpc) is 2.63. The van der Waals surface area contributed by atoms with Crippen LogP contribution in [0.1, 0.15) is 28.8 Å². The highest BCUT2D eigenvalue weighted by molar-refractivity contribution is 6.30. The van der Waals surface area contributed by atoms with Crippen LogP contribution < -0.4 is 5.32 Å². The van der Waals surface area contributed by atoms with E-state index in [2.05, 4.69) is 5.32 Å². The first-order valence-electron chi connectivity index (χ1n) is 8.07. The first kappa shape index (κ1) is 17.8. The van der Waals surface area contributed by atoms with Gasteiger partial charge in [-0.2, -0.15) is 0 Å². The number of amides is 1. The Bertz CT molecular complexity index is 759. The quantitative estimate of drug-likeness (QED) is 0.886. The number of nitrogens with one attached hydrogen (secondary N) is 1. The van der Waals surface area contributed by atoms with Gasteiger partial charge in [-0.15, -0.1) is 0 Å². The summed E-state index contributed by atoms with van der Waals surface area (Å²) in [6.07, 6.45) is 1.51. The predicted octanol–water partition coefficient (Wildman–Crippen LogP) is 4.10. The molecule has 1 saturated heterocycles. The number of halogens is 3. The first-order valence-corrected chi connectivity index (χ1v) is 8.45. The fourth-order valence-electron chi connectivity index (χ4n) is 3.12. The molecule has 0 spiro atoms. The number of ether oxygens (including phenoxy) is 1. The van der Waals surface area contributed by atoms with Crippen molar-refractivity contribution < 1.29 is 18.3 Å². The lowest BCUT2D eigenvalue weighted by molar-refractivity contribution is 0.0487. The normalized spacial score (nSPS) is 16.4. The van der Waals surface area contributed by atoms with Gasteiger partial charge in [-0.3, -0.25) is 4.79 Å². The maximum Gasteiger partial charge on any atom is 0.251 e. The van der Waals surface area contributed by atoms with Crippen LogP contribution in [-0.2, 0) is 10.2 Å². The van der Waals surface area contributed by atoms with Crippen molar-refractivity contribution in [1.29, 1.82) is 0 Å². The average molecular weight is 366 g/mol. The molecule has 1 N–H and O–H groups in total. The van der Waals surface area contributed by atoms with Crippen LogP contribution in [-0.4, -0.2) is 25.7 Å². The number of carbonyl (C=O) groups excluding carboxylic acids is 1. The summed E-state index contributed by atoms with van der Waals surface area (Å²) in [5.74, 6) is -2.44. The van der Waals surface area contributed by atoms with Crippen LogP contribution in [0.5, 0.6) is 0 Å². The molecule has 1 aliphatic rings. The zero-order valence-corrected chi connectivity index (χ0v) is 14.3. The SMILES string of the molecule is O=C(NCC1(c2ccc(Cl)cc2)CCOCC1)c1ccc(F)c(F)c1. The smallest absolute Gasteiger partial charge is 0.251 e. The van der Waals surface area contributed by atoms with Gasteiger partial charge < -0.3 is 10.1 Å². The molecule has 25 heavy (non-hydrogen) atoms. The lowest BCUT2D eigenvalue weighted by Crippen LogP contribution is -2.44. The number of carbonyl (C=O) groups is 1.